The molecule has 0 amide bonds. The number of hydrogen-bond donors (Lipinski definition) is 0. The second-order valence-electron chi connectivity index (χ2n) is 4.62. The second kappa shape index (κ2) is 5.07. The molecule has 0 spiro atoms. The minimum absolute atomic E-state index is 0.582. The fourth-order valence-corrected chi connectivity index (χ4v) is 3.40. The number of alkyl halides is 1. The molecule has 88 valence electrons. The maximum atomic E-state index is 6.05. The van der Waals surface area contributed by atoms with Crippen LogP contribution in [0.1, 0.15) is 16.7 Å². The first-order valence-corrected chi connectivity index (χ1v) is 7.38. The smallest absolute Gasteiger partial charge is 0.0480 e. The molecule has 0 radical (unpaired) electrons. The van der Waals surface area contributed by atoms with Crippen molar-refractivity contribution in [1.82, 2.24) is 0 Å². The number of halogens is 1. The van der Waals surface area contributed by atoms with Crippen LogP contribution in [0.4, 0.5) is 0 Å². The summed E-state index contributed by atoms with van der Waals surface area (Å²) < 4.78 is 0. The van der Waals surface area contributed by atoms with Gasteiger partial charge >= 0.3 is 0 Å². The van der Waals surface area contributed by atoms with Crippen molar-refractivity contribution in [2.24, 2.45) is 0 Å². The molecule has 17 heavy (non-hydrogen) atoms. The van der Waals surface area contributed by atoms with E-state index in [2.05, 4.69) is 50.2 Å². The zero-order valence-electron chi connectivity index (χ0n) is 10.5. The van der Waals surface area contributed by atoms with Gasteiger partial charge in [0.1, 0.15) is 0 Å². The molecular formula is C15H17ClSi. The van der Waals surface area contributed by atoms with Gasteiger partial charge in [0.25, 0.3) is 0 Å². The molecule has 0 aliphatic heterocycles. The van der Waals surface area contributed by atoms with Gasteiger partial charge in [-0.25, -0.2) is 0 Å². The van der Waals surface area contributed by atoms with Gasteiger partial charge in [0.05, 0.1) is 0 Å². The molecule has 0 N–H and O–H groups in total. The van der Waals surface area contributed by atoms with Crippen LogP contribution in [0.15, 0.2) is 36.4 Å². The van der Waals surface area contributed by atoms with Crippen LogP contribution in [0.5, 0.6) is 0 Å². The van der Waals surface area contributed by atoms with E-state index in [1.807, 2.05) is 0 Å². The van der Waals surface area contributed by atoms with Crippen LogP contribution in [0.3, 0.4) is 0 Å². The first kappa shape index (κ1) is 12.4. The molecule has 2 aromatic rings. The first-order chi connectivity index (χ1) is 8.11. The maximum Gasteiger partial charge on any atom is 0.0480 e. The molecule has 0 unspecified atom stereocenters. The lowest BCUT2D eigenvalue weighted by atomic mass is 9.97. The molecule has 0 aromatic heterocycles. The van der Waals surface area contributed by atoms with Crippen LogP contribution < -0.4 is 5.19 Å². The average molecular weight is 261 g/mol. The third kappa shape index (κ3) is 2.62. The van der Waals surface area contributed by atoms with Crippen LogP contribution in [0, 0.1) is 13.8 Å². The summed E-state index contributed by atoms with van der Waals surface area (Å²) in [6.45, 7) is 4.29. The lowest BCUT2D eigenvalue weighted by Gasteiger charge is -2.12. The molecule has 2 rings (SSSR count). The van der Waals surface area contributed by atoms with Crippen LogP contribution in [0.2, 0.25) is 0 Å². The predicted octanol–water partition coefficient (Wildman–Crippen LogP) is 2.70. The summed E-state index contributed by atoms with van der Waals surface area (Å²) in [5, 5.41) is 1.42. The van der Waals surface area contributed by atoms with Crippen LogP contribution in [-0.2, 0) is 5.88 Å². The number of benzene rings is 2. The molecule has 2 aromatic carbocycles. The second-order valence-corrected chi connectivity index (χ2v) is 5.96. The highest BCUT2D eigenvalue weighted by Crippen LogP contribution is 2.25. The zero-order chi connectivity index (χ0) is 12.4. The standard InChI is InChI=1S/C15H17ClSi/c1-10-6-11(2)8-13(7-10)15-12(9-16)4-3-5-14(15)17/h3-8H,9H2,1-2,17H3. The Labute approximate surface area is 111 Å². The van der Waals surface area contributed by atoms with E-state index < -0.39 is 0 Å². The number of aryl methyl sites for hydroxylation is 2. The minimum Gasteiger partial charge on any atom is -0.122 e. The normalized spacial score (nSPS) is 10.8. The van der Waals surface area contributed by atoms with E-state index in [4.69, 9.17) is 11.6 Å². The quantitative estimate of drug-likeness (QED) is 0.575. The summed E-state index contributed by atoms with van der Waals surface area (Å²) in [4.78, 5) is 0. The van der Waals surface area contributed by atoms with Gasteiger partial charge in [0.15, 0.2) is 0 Å². The van der Waals surface area contributed by atoms with Gasteiger partial charge in [-0.05, 0) is 30.5 Å². The van der Waals surface area contributed by atoms with Crippen molar-refractivity contribution in [2.45, 2.75) is 19.7 Å². The minimum atomic E-state index is 0.582. The molecule has 0 atom stereocenters. The average Bonchev–Trinajstić information content (AvgIpc) is 2.27. The van der Waals surface area contributed by atoms with Crippen molar-refractivity contribution in [1.29, 1.82) is 0 Å². The topological polar surface area (TPSA) is 0 Å². The number of hydrogen-bond acceptors (Lipinski definition) is 0. The zero-order valence-corrected chi connectivity index (χ0v) is 13.3. The SMILES string of the molecule is Cc1cc(C)cc(-c2c([SiH3])cccc2CCl)c1. The van der Waals surface area contributed by atoms with Crippen LogP contribution >= 0.6 is 11.6 Å². The summed E-state index contributed by atoms with van der Waals surface area (Å²) in [7, 11) is 1.05. The molecular weight excluding hydrogens is 244 g/mol. The fraction of sp³-hybridized carbons (Fsp3) is 0.200. The summed E-state index contributed by atoms with van der Waals surface area (Å²) in [5.41, 5.74) is 6.52. The molecule has 0 fully saturated rings. The Morgan fingerprint density at radius 3 is 2.29 bits per heavy atom. The molecule has 2 heteroatoms. The molecule has 0 nitrogen and oxygen atoms in total. The van der Waals surface area contributed by atoms with Gasteiger partial charge in [0, 0.05) is 16.1 Å². The monoisotopic (exact) mass is 260 g/mol. The van der Waals surface area contributed by atoms with E-state index in [9.17, 15) is 0 Å². The van der Waals surface area contributed by atoms with Crippen molar-refractivity contribution in [3.8, 4) is 11.1 Å². The van der Waals surface area contributed by atoms with Crippen LogP contribution in [0.25, 0.3) is 11.1 Å². The Kier molecular flexibility index (Phi) is 3.70. The molecule has 0 aliphatic rings. The van der Waals surface area contributed by atoms with Gasteiger partial charge in [-0.2, -0.15) is 0 Å². The molecule has 0 saturated carbocycles. The lowest BCUT2D eigenvalue weighted by Crippen LogP contribution is -2.09. The Morgan fingerprint density at radius 1 is 1.06 bits per heavy atom. The summed E-state index contributed by atoms with van der Waals surface area (Å²) in [6, 6.07) is 13.1. The summed E-state index contributed by atoms with van der Waals surface area (Å²) >= 11 is 6.05. The molecule has 0 aliphatic carbocycles. The van der Waals surface area contributed by atoms with Gasteiger partial charge in [-0.3, -0.25) is 0 Å². The van der Waals surface area contributed by atoms with Crippen molar-refractivity contribution < 1.29 is 0 Å². The van der Waals surface area contributed by atoms with E-state index in [-0.39, 0.29) is 0 Å². The van der Waals surface area contributed by atoms with Crippen molar-refractivity contribution in [3.05, 3.63) is 53.1 Å². The molecule has 0 bridgehead atoms. The van der Waals surface area contributed by atoms with Crippen molar-refractivity contribution in [2.75, 3.05) is 0 Å². The van der Waals surface area contributed by atoms with E-state index in [0.717, 1.165) is 10.2 Å². The van der Waals surface area contributed by atoms with E-state index in [1.165, 1.54) is 33.0 Å². The third-order valence-corrected chi connectivity index (χ3v) is 4.13. The Bertz CT molecular complexity index is 526. The largest absolute Gasteiger partial charge is 0.122 e. The first-order valence-electron chi connectivity index (χ1n) is 5.85. The van der Waals surface area contributed by atoms with Gasteiger partial charge < -0.3 is 0 Å². The highest BCUT2D eigenvalue weighted by atomic mass is 35.5. The van der Waals surface area contributed by atoms with E-state index in [1.54, 1.807) is 0 Å². The van der Waals surface area contributed by atoms with Crippen LogP contribution in [-0.4, -0.2) is 10.2 Å². The Morgan fingerprint density at radius 2 is 1.71 bits per heavy atom. The Hall–Kier alpha value is -1.05. The van der Waals surface area contributed by atoms with E-state index >= 15 is 0 Å². The molecule has 0 heterocycles. The summed E-state index contributed by atoms with van der Waals surface area (Å²) in [6.07, 6.45) is 0. The molecule has 0 saturated heterocycles. The van der Waals surface area contributed by atoms with Gasteiger partial charge in [-0.15, -0.1) is 11.6 Å². The van der Waals surface area contributed by atoms with Gasteiger partial charge in [-0.1, -0.05) is 52.7 Å². The summed E-state index contributed by atoms with van der Waals surface area (Å²) in [5.74, 6) is 0.582. The van der Waals surface area contributed by atoms with Gasteiger partial charge in [0.2, 0.25) is 0 Å². The maximum absolute atomic E-state index is 6.05. The Balaban J connectivity index is 2.67. The number of rotatable bonds is 2. The third-order valence-electron chi connectivity index (χ3n) is 3.01. The van der Waals surface area contributed by atoms with Crippen molar-refractivity contribution >= 4 is 27.0 Å². The van der Waals surface area contributed by atoms with E-state index in [0.29, 0.717) is 5.88 Å². The lowest BCUT2D eigenvalue weighted by molar-refractivity contribution is 1.36. The highest BCUT2D eigenvalue weighted by molar-refractivity contribution is 6.36. The fourth-order valence-electron chi connectivity index (χ4n) is 2.37. The predicted molar refractivity (Wildman–Crippen MR) is 80.5 cm³/mol. The highest BCUT2D eigenvalue weighted by Gasteiger charge is 2.08. The van der Waals surface area contributed by atoms with Crippen molar-refractivity contribution in [3.63, 3.8) is 0 Å².